The van der Waals surface area contributed by atoms with E-state index in [1.807, 2.05) is 29.2 Å². The van der Waals surface area contributed by atoms with Gasteiger partial charge in [0, 0.05) is 31.7 Å². The molecule has 1 saturated heterocycles. The first kappa shape index (κ1) is 19.2. The number of hydrogen-bond donors (Lipinski definition) is 0. The van der Waals surface area contributed by atoms with E-state index >= 15 is 0 Å². The third kappa shape index (κ3) is 5.23. The molecule has 0 N–H and O–H groups in total. The lowest BCUT2D eigenvalue weighted by atomic mass is 10.1. The topological polar surface area (TPSA) is 40.6 Å². The minimum atomic E-state index is -0.297. The SMILES string of the molecule is CCc1ccc(C(=O)CN2CCN(C(=O)Cc3ccc(F)cc3)CC2)cc1. The molecule has 0 bridgehead atoms. The van der Waals surface area contributed by atoms with Crippen LogP contribution in [0.25, 0.3) is 0 Å². The molecule has 0 saturated carbocycles. The molecule has 4 nitrogen and oxygen atoms in total. The highest BCUT2D eigenvalue weighted by atomic mass is 19.1. The smallest absolute Gasteiger partial charge is 0.227 e. The van der Waals surface area contributed by atoms with Gasteiger partial charge in [0.05, 0.1) is 13.0 Å². The summed E-state index contributed by atoms with van der Waals surface area (Å²) < 4.78 is 13.0. The number of benzene rings is 2. The van der Waals surface area contributed by atoms with Crippen molar-refractivity contribution in [2.75, 3.05) is 32.7 Å². The van der Waals surface area contributed by atoms with Crippen molar-refractivity contribution in [2.24, 2.45) is 0 Å². The van der Waals surface area contributed by atoms with Crippen LogP contribution < -0.4 is 0 Å². The Kier molecular flexibility index (Phi) is 6.35. The molecule has 5 heteroatoms. The Bertz CT molecular complexity index is 779. The highest BCUT2D eigenvalue weighted by Gasteiger charge is 2.22. The number of hydrogen-bond acceptors (Lipinski definition) is 3. The van der Waals surface area contributed by atoms with E-state index in [-0.39, 0.29) is 23.9 Å². The summed E-state index contributed by atoms with van der Waals surface area (Å²) in [7, 11) is 0. The zero-order valence-electron chi connectivity index (χ0n) is 15.7. The number of carbonyl (C=O) groups excluding carboxylic acids is 2. The van der Waals surface area contributed by atoms with E-state index in [4.69, 9.17) is 0 Å². The molecule has 142 valence electrons. The second-order valence-corrected chi connectivity index (χ2v) is 6.93. The summed E-state index contributed by atoms with van der Waals surface area (Å²) in [5.41, 5.74) is 2.77. The van der Waals surface area contributed by atoms with Crippen LogP contribution >= 0.6 is 0 Å². The molecule has 0 atom stereocenters. The average molecular weight is 368 g/mol. The summed E-state index contributed by atoms with van der Waals surface area (Å²) in [5.74, 6) is -0.139. The molecular weight excluding hydrogens is 343 g/mol. The molecule has 27 heavy (non-hydrogen) atoms. The van der Waals surface area contributed by atoms with E-state index in [1.165, 1.54) is 17.7 Å². The molecule has 0 unspecified atom stereocenters. The van der Waals surface area contributed by atoms with Crippen molar-refractivity contribution in [3.05, 3.63) is 71.0 Å². The second kappa shape index (κ2) is 8.91. The third-order valence-corrected chi connectivity index (χ3v) is 5.04. The van der Waals surface area contributed by atoms with Gasteiger partial charge in [0.15, 0.2) is 5.78 Å². The predicted octanol–water partition coefficient (Wildman–Crippen LogP) is 2.96. The fraction of sp³-hybridized carbons (Fsp3) is 0.364. The van der Waals surface area contributed by atoms with Crippen LogP contribution in [0.5, 0.6) is 0 Å². The van der Waals surface area contributed by atoms with Crippen LogP contribution in [0.1, 0.15) is 28.4 Å². The Balaban J connectivity index is 1.47. The standard InChI is InChI=1S/C22H25FN2O2/c1-2-17-3-7-19(8-4-17)21(26)16-24-11-13-25(14-12-24)22(27)15-18-5-9-20(23)10-6-18/h3-10H,2,11-16H2,1H3. The average Bonchev–Trinajstić information content (AvgIpc) is 2.70. The van der Waals surface area contributed by atoms with E-state index in [9.17, 15) is 14.0 Å². The van der Waals surface area contributed by atoms with Crippen LogP contribution in [0.4, 0.5) is 4.39 Å². The Labute approximate surface area is 159 Å². The number of rotatable bonds is 6. The lowest BCUT2D eigenvalue weighted by Crippen LogP contribution is -2.50. The van der Waals surface area contributed by atoms with Gasteiger partial charge in [-0.2, -0.15) is 0 Å². The van der Waals surface area contributed by atoms with Gasteiger partial charge in [-0.05, 0) is 29.7 Å². The number of amides is 1. The number of halogens is 1. The van der Waals surface area contributed by atoms with E-state index in [1.54, 1.807) is 12.1 Å². The number of aryl methyl sites for hydroxylation is 1. The Morgan fingerprint density at radius 2 is 1.48 bits per heavy atom. The fourth-order valence-electron chi connectivity index (χ4n) is 3.26. The molecule has 3 rings (SSSR count). The van der Waals surface area contributed by atoms with Gasteiger partial charge in [-0.15, -0.1) is 0 Å². The number of nitrogens with zero attached hydrogens (tertiary/aromatic N) is 2. The molecule has 0 aliphatic carbocycles. The van der Waals surface area contributed by atoms with Crippen LogP contribution in [-0.2, 0) is 17.6 Å². The van der Waals surface area contributed by atoms with Crippen molar-refractivity contribution in [3.8, 4) is 0 Å². The monoisotopic (exact) mass is 368 g/mol. The maximum atomic E-state index is 13.0. The van der Waals surface area contributed by atoms with Crippen molar-refractivity contribution in [3.63, 3.8) is 0 Å². The summed E-state index contributed by atoms with van der Waals surface area (Å²) in [5, 5.41) is 0. The van der Waals surface area contributed by atoms with Gasteiger partial charge in [0.25, 0.3) is 0 Å². The molecule has 1 amide bonds. The lowest BCUT2D eigenvalue weighted by Gasteiger charge is -2.34. The fourth-order valence-corrected chi connectivity index (χ4v) is 3.26. The molecular formula is C22H25FN2O2. The number of ketones is 1. The van der Waals surface area contributed by atoms with Gasteiger partial charge in [-0.1, -0.05) is 43.3 Å². The minimum absolute atomic E-state index is 0.0442. The zero-order chi connectivity index (χ0) is 19.2. The maximum Gasteiger partial charge on any atom is 0.227 e. The van der Waals surface area contributed by atoms with Crippen LogP contribution in [-0.4, -0.2) is 54.2 Å². The normalized spacial score (nSPS) is 15.0. The first-order chi connectivity index (χ1) is 13.0. The summed E-state index contributed by atoms with van der Waals surface area (Å²) >= 11 is 0. The van der Waals surface area contributed by atoms with Crippen molar-refractivity contribution >= 4 is 11.7 Å². The van der Waals surface area contributed by atoms with Crippen LogP contribution in [0.15, 0.2) is 48.5 Å². The zero-order valence-corrected chi connectivity index (χ0v) is 15.7. The summed E-state index contributed by atoms with van der Waals surface area (Å²) in [6.45, 7) is 5.07. The van der Waals surface area contributed by atoms with Crippen molar-refractivity contribution < 1.29 is 14.0 Å². The molecule has 2 aromatic rings. The van der Waals surface area contributed by atoms with Gasteiger partial charge >= 0.3 is 0 Å². The molecule has 1 aliphatic rings. The highest BCUT2D eigenvalue weighted by Crippen LogP contribution is 2.10. The minimum Gasteiger partial charge on any atom is -0.340 e. The van der Waals surface area contributed by atoms with Gasteiger partial charge in [0.1, 0.15) is 5.82 Å². The first-order valence-corrected chi connectivity index (χ1v) is 9.42. The molecule has 1 aliphatic heterocycles. The molecule has 0 aromatic heterocycles. The number of Topliss-reactive ketones (excluding diaryl/α,β-unsaturated/α-hetero) is 1. The molecule has 1 heterocycles. The number of piperazine rings is 1. The third-order valence-electron chi connectivity index (χ3n) is 5.04. The predicted molar refractivity (Wildman–Crippen MR) is 103 cm³/mol. The highest BCUT2D eigenvalue weighted by molar-refractivity contribution is 5.97. The summed E-state index contributed by atoms with van der Waals surface area (Å²) in [6.07, 6.45) is 1.24. The van der Waals surface area contributed by atoms with Crippen molar-refractivity contribution in [2.45, 2.75) is 19.8 Å². The largest absolute Gasteiger partial charge is 0.340 e. The summed E-state index contributed by atoms with van der Waals surface area (Å²) in [6, 6.07) is 13.8. The van der Waals surface area contributed by atoms with E-state index in [2.05, 4.69) is 11.8 Å². The quantitative estimate of drug-likeness (QED) is 0.736. The van der Waals surface area contributed by atoms with Crippen molar-refractivity contribution in [1.82, 2.24) is 9.80 Å². The van der Waals surface area contributed by atoms with Crippen molar-refractivity contribution in [1.29, 1.82) is 0 Å². The Morgan fingerprint density at radius 1 is 0.889 bits per heavy atom. The second-order valence-electron chi connectivity index (χ2n) is 6.93. The molecule has 0 radical (unpaired) electrons. The Hall–Kier alpha value is -2.53. The van der Waals surface area contributed by atoms with E-state index in [0.29, 0.717) is 32.7 Å². The maximum absolute atomic E-state index is 13.0. The van der Waals surface area contributed by atoms with Gasteiger partial charge in [-0.3, -0.25) is 14.5 Å². The first-order valence-electron chi connectivity index (χ1n) is 9.42. The van der Waals surface area contributed by atoms with Gasteiger partial charge in [-0.25, -0.2) is 4.39 Å². The van der Waals surface area contributed by atoms with E-state index in [0.717, 1.165) is 17.5 Å². The van der Waals surface area contributed by atoms with E-state index < -0.39 is 0 Å². The lowest BCUT2D eigenvalue weighted by molar-refractivity contribution is -0.132. The van der Waals surface area contributed by atoms with Crippen LogP contribution in [0, 0.1) is 5.82 Å². The molecule has 2 aromatic carbocycles. The Morgan fingerprint density at radius 3 is 2.07 bits per heavy atom. The van der Waals surface area contributed by atoms with Crippen LogP contribution in [0.2, 0.25) is 0 Å². The number of carbonyl (C=O) groups is 2. The molecule has 0 spiro atoms. The van der Waals surface area contributed by atoms with Crippen LogP contribution in [0.3, 0.4) is 0 Å². The van der Waals surface area contributed by atoms with Gasteiger partial charge in [0.2, 0.25) is 5.91 Å². The summed E-state index contributed by atoms with van der Waals surface area (Å²) in [4.78, 5) is 28.8. The molecule has 1 fully saturated rings. The van der Waals surface area contributed by atoms with Gasteiger partial charge < -0.3 is 4.90 Å².